The fourth-order valence-electron chi connectivity index (χ4n) is 5.38. The van der Waals surface area contributed by atoms with Crippen LogP contribution in [0.25, 0.3) is 5.65 Å². The Morgan fingerprint density at radius 3 is 2.11 bits per heavy atom. The first-order valence-corrected chi connectivity index (χ1v) is 22.3. The smallest absolute Gasteiger partial charge is 0.407 e. The van der Waals surface area contributed by atoms with Gasteiger partial charge in [0.25, 0.3) is 0 Å². The minimum Gasteiger partial charge on any atom is -0.465 e. The maximum Gasteiger partial charge on any atom is 0.407 e. The highest BCUT2D eigenvalue weighted by Crippen LogP contribution is 2.43. The van der Waals surface area contributed by atoms with Gasteiger partial charge >= 0.3 is 6.09 Å². The van der Waals surface area contributed by atoms with E-state index >= 15 is 0 Å². The van der Waals surface area contributed by atoms with Crippen molar-refractivity contribution < 1.29 is 19.4 Å². The van der Waals surface area contributed by atoms with Crippen LogP contribution in [0.3, 0.4) is 0 Å². The average Bonchev–Trinajstić information content (AvgIpc) is 3.32. The van der Waals surface area contributed by atoms with Crippen LogP contribution in [0.1, 0.15) is 37.3 Å². The van der Waals surface area contributed by atoms with E-state index in [9.17, 15) is 9.90 Å². The van der Waals surface area contributed by atoms with Gasteiger partial charge in [0.15, 0.2) is 5.65 Å². The number of carbonyl (C=O) groups is 1. The Bertz CT molecular complexity index is 1080. The molecule has 212 valence electrons. The molecule has 2 aromatic heterocycles. The number of carboxylic acid groups (broad SMARTS) is 1. The number of amides is 1. The molecule has 2 aliphatic rings. The van der Waals surface area contributed by atoms with Crippen LogP contribution >= 0.6 is 22.6 Å². The van der Waals surface area contributed by atoms with Crippen LogP contribution in [0.2, 0.25) is 51.4 Å². The van der Waals surface area contributed by atoms with E-state index in [1.165, 1.54) is 0 Å². The molecule has 2 aliphatic heterocycles. The van der Waals surface area contributed by atoms with Crippen molar-refractivity contribution in [2.45, 2.75) is 95.1 Å². The molecule has 0 aliphatic carbocycles. The largest absolute Gasteiger partial charge is 0.465 e. The summed E-state index contributed by atoms with van der Waals surface area (Å²) in [4.78, 5) is 20.7. The van der Waals surface area contributed by atoms with Crippen LogP contribution in [-0.4, -0.2) is 85.6 Å². The highest BCUT2D eigenvalue weighted by atomic mass is 127. The third-order valence-electron chi connectivity index (χ3n) is 7.61. The normalized spacial score (nSPS) is 21.9. The highest BCUT2D eigenvalue weighted by Gasteiger charge is 2.44. The molecule has 1 amide bonds. The van der Waals surface area contributed by atoms with Crippen molar-refractivity contribution in [3.05, 3.63) is 21.5 Å². The minimum absolute atomic E-state index is 0.0765. The molecule has 0 saturated carbocycles. The molecule has 2 aromatic rings. The maximum atomic E-state index is 11.8. The van der Waals surface area contributed by atoms with Gasteiger partial charge in [-0.1, -0.05) is 39.3 Å². The molecule has 0 aromatic carbocycles. The predicted octanol–water partition coefficient (Wildman–Crippen LogP) is 6.15. The van der Waals surface area contributed by atoms with Crippen molar-refractivity contribution >= 4 is 56.3 Å². The lowest BCUT2D eigenvalue weighted by molar-refractivity contribution is 0.0934. The van der Waals surface area contributed by atoms with Gasteiger partial charge in [-0.3, -0.25) is 0 Å². The summed E-state index contributed by atoms with van der Waals surface area (Å²) < 4.78 is 15.3. The molecule has 2 saturated heterocycles. The second-order valence-electron chi connectivity index (χ2n) is 13.2. The van der Waals surface area contributed by atoms with E-state index in [-0.39, 0.29) is 18.0 Å². The van der Waals surface area contributed by atoms with Gasteiger partial charge in [0.2, 0.25) is 0 Å². The Kier molecular flexibility index (Phi) is 9.48. The van der Waals surface area contributed by atoms with Crippen LogP contribution < -0.4 is 4.90 Å². The molecule has 12 heteroatoms. The molecule has 2 atom stereocenters. The van der Waals surface area contributed by atoms with Crippen molar-refractivity contribution in [2.75, 3.05) is 31.6 Å². The van der Waals surface area contributed by atoms with Crippen LogP contribution in [0.4, 0.5) is 10.6 Å². The third kappa shape index (κ3) is 7.49. The molecular formula is C26H44IN5O4Si2. The highest BCUT2D eigenvalue weighted by molar-refractivity contribution is 14.1. The number of ether oxygens (including phenoxy) is 2. The van der Waals surface area contributed by atoms with E-state index in [2.05, 4.69) is 77.9 Å². The van der Waals surface area contributed by atoms with Gasteiger partial charge in [0.05, 0.1) is 9.77 Å². The summed E-state index contributed by atoms with van der Waals surface area (Å²) in [6.07, 6.45) is 4.57. The minimum atomic E-state index is -1.20. The molecule has 2 unspecified atom stereocenters. The molecule has 4 heterocycles. The Morgan fingerprint density at radius 2 is 1.61 bits per heavy atom. The van der Waals surface area contributed by atoms with Crippen molar-refractivity contribution in [3.63, 3.8) is 0 Å². The number of aromatic nitrogens is 3. The molecule has 0 radical (unpaired) electrons. The average molecular weight is 674 g/mol. The molecule has 2 bridgehead atoms. The Balaban J connectivity index is 1.59. The van der Waals surface area contributed by atoms with E-state index < -0.39 is 22.2 Å². The van der Waals surface area contributed by atoms with Crippen LogP contribution in [0, 0.1) is 3.57 Å². The third-order valence-corrected chi connectivity index (χ3v) is 11.8. The summed E-state index contributed by atoms with van der Waals surface area (Å²) in [5.74, 6) is 1.14. The summed E-state index contributed by atoms with van der Waals surface area (Å²) in [6.45, 7) is 16.5. The summed E-state index contributed by atoms with van der Waals surface area (Å²) in [5, 5.41) is 14.4. The summed E-state index contributed by atoms with van der Waals surface area (Å²) in [7, 11) is -2.40. The molecule has 4 rings (SSSR count). The predicted molar refractivity (Wildman–Crippen MR) is 165 cm³/mol. The molecule has 38 heavy (non-hydrogen) atoms. The Labute approximate surface area is 242 Å². The first-order chi connectivity index (χ1) is 17.8. The SMILES string of the molecule is C[Si](C)(C)CCOCN(COCC[Si](C)(C)C)c1cc(C2CC3CCC(C2)N3C(=O)O)nc2c(I)cnn12. The zero-order valence-electron chi connectivity index (χ0n) is 23.7. The first-order valence-electron chi connectivity index (χ1n) is 13.8. The fourth-order valence-corrected chi connectivity index (χ4v) is 7.37. The van der Waals surface area contributed by atoms with Crippen LogP contribution in [-0.2, 0) is 9.47 Å². The molecule has 9 nitrogen and oxygen atoms in total. The standard InChI is InChI=1S/C26H44IN5O4Si2/c1-37(2,3)11-9-35-17-30(18-36-10-12-38(4,5)6)24-15-23(29-25-22(27)16-28-32(24)25)19-13-20-7-8-21(14-19)31(20)26(33)34/h15-16,19-21H,7-14,17-18H2,1-6H3,(H,33,34). The van der Waals surface area contributed by atoms with E-state index in [0.29, 0.717) is 13.5 Å². The number of fused-ring (bicyclic) bond motifs is 3. The summed E-state index contributed by atoms with van der Waals surface area (Å²) >= 11 is 2.30. The van der Waals surface area contributed by atoms with Gasteiger partial charge < -0.3 is 24.4 Å². The summed E-state index contributed by atoms with van der Waals surface area (Å²) in [5.41, 5.74) is 1.85. The summed E-state index contributed by atoms with van der Waals surface area (Å²) in [6, 6.07) is 4.51. The molecular weight excluding hydrogens is 629 g/mol. The van der Waals surface area contributed by atoms with E-state index in [4.69, 9.17) is 14.5 Å². The first kappa shape index (κ1) is 29.7. The lowest BCUT2D eigenvalue weighted by Crippen LogP contribution is -2.45. The van der Waals surface area contributed by atoms with Gasteiger partial charge in [0.1, 0.15) is 19.3 Å². The Hall–Kier alpha value is -1.23. The number of anilines is 1. The lowest BCUT2D eigenvalue weighted by Gasteiger charge is -2.37. The van der Waals surface area contributed by atoms with Gasteiger partial charge in [-0.15, -0.1) is 0 Å². The van der Waals surface area contributed by atoms with E-state index in [1.54, 1.807) is 4.90 Å². The lowest BCUT2D eigenvalue weighted by atomic mass is 9.88. The van der Waals surface area contributed by atoms with Crippen LogP contribution in [0.5, 0.6) is 0 Å². The monoisotopic (exact) mass is 673 g/mol. The number of rotatable bonds is 12. The van der Waals surface area contributed by atoms with Crippen LogP contribution in [0.15, 0.2) is 12.3 Å². The number of halogens is 1. The number of hydrogen-bond acceptors (Lipinski definition) is 6. The Morgan fingerprint density at radius 1 is 1.05 bits per heavy atom. The van der Waals surface area contributed by atoms with E-state index in [0.717, 1.165) is 71.7 Å². The second kappa shape index (κ2) is 12.1. The number of piperidine rings is 1. The van der Waals surface area contributed by atoms with Crippen molar-refractivity contribution in [1.82, 2.24) is 19.5 Å². The fraction of sp³-hybridized carbons (Fsp3) is 0.731. The number of nitrogens with zero attached hydrogens (tertiary/aromatic N) is 5. The van der Waals surface area contributed by atoms with Crippen molar-refractivity contribution in [1.29, 1.82) is 0 Å². The molecule has 1 N–H and O–H groups in total. The van der Waals surface area contributed by atoms with E-state index in [1.807, 2.05) is 10.7 Å². The molecule has 0 spiro atoms. The quantitative estimate of drug-likeness (QED) is 0.125. The zero-order valence-corrected chi connectivity index (χ0v) is 27.9. The van der Waals surface area contributed by atoms with Gasteiger partial charge in [-0.25, -0.2) is 9.78 Å². The number of hydrogen-bond donors (Lipinski definition) is 1. The van der Waals surface area contributed by atoms with Gasteiger partial charge in [-0.05, 0) is 60.4 Å². The van der Waals surface area contributed by atoms with Gasteiger partial charge in [-0.2, -0.15) is 9.61 Å². The van der Waals surface area contributed by atoms with Crippen molar-refractivity contribution in [3.8, 4) is 0 Å². The topological polar surface area (TPSA) is 92.4 Å². The molecule has 2 fully saturated rings. The zero-order chi connectivity index (χ0) is 27.7. The van der Waals surface area contributed by atoms with Gasteiger partial charge in [0, 0.05) is 59.1 Å². The van der Waals surface area contributed by atoms with Crippen molar-refractivity contribution in [2.24, 2.45) is 0 Å². The maximum absolute atomic E-state index is 11.8. The second-order valence-corrected chi connectivity index (χ2v) is 25.7.